The highest BCUT2D eigenvalue weighted by atomic mass is 35.5. The SMILES string of the molecule is O=C(NCc1ccc(Cl)cc1)C1CC(O)CN1C(=O)c1cccc(-c2ccccc2)c1. The molecule has 1 aliphatic heterocycles. The number of hydrogen-bond acceptors (Lipinski definition) is 3. The smallest absolute Gasteiger partial charge is 0.254 e. The summed E-state index contributed by atoms with van der Waals surface area (Å²) >= 11 is 5.90. The number of carbonyl (C=O) groups is 2. The first-order chi connectivity index (χ1) is 15.0. The van der Waals surface area contributed by atoms with Gasteiger partial charge in [0.15, 0.2) is 0 Å². The molecular formula is C25H23ClN2O3. The lowest BCUT2D eigenvalue weighted by atomic mass is 10.0. The molecule has 0 aliphatic carbocycles. The Hall–Kier alpha value is -3.15. The van der Waals surface area contributed by atoms with Gasteiger partial charge in [-0.25, -0.2) is 0 Å². The Morgan fingerprint density at radius 1 is 0.968 bits per heavy atom. The van der Waals surface area contributed by atoms with Crippen molar-refractivity contribution in [2.75, 3.05) is 6.54 Å². The quantitative estimate of drug-likeness (QED) is 0.639. The van der Waals surface area contributed by atoms with Crippen molar-refractivity contribution in [1.82, 2.24) is 10.2 Å². The Bertz CT molecular complexity index is 1070. The van der Waals surface area contributed by atoms with Gasteiger partial charge < -0.3 is 15.3 Å². The Morgan fingerprint density at radius 2 is 1.68 bits per heavy atom. The highest BCUT2D eigenvalue weighted by Gasteiger charge is 2.39. The molecule has 1 heterocycles. The largest absolute Gasteiger partial charge is 0.391 e. The summed E-state index contributed by atoms with van der Waals surface area (Å²) < 4.78 is 0. The maximum atomic E-state index is 13.2. The van der Waals surface area contributed by atoms with E-state index in [4.69, 9.17) is 11.6 Å². The summed E-state index contributed by atoms with van der Waals surface area (Å²) in [5.74, 6) is -0.542. The molecule has 158 valence electrons. The molecule has 0 aromatic heterocycles. The first-order valence-electron chi connectivity index (χ1n) is 10.2. The molecule has 3 aromatic rings. The van der Waals surface area contributed by atoms with Gasteiger partial charge in [0, 0.05) is 30.1 Å². The average molecular weight is 435 g/mol. The van der Waals surface area contributed by atoms with Crippen LogP contribution in [0.25, 0.3) is 11.1 Å². The second-order valence-electron chi connectivity index (χ2n) is 7.65. The van der Waals surface area contributed by atoms with Gasteiger partial charge in [-0.1, -0.05) is 66.2 Å². The molecule has 4 rings (SSSR count). The summed E-state index contributed by atoms with van der Waals surface area (Å²) in [6.07, 6.45) is -0.510. The Morgan fingerprint density at radius 3 is 2.42 bits per heavy atom. The van der Waals surface area contributed by atoms with Crippen LogP contribution in [0, 0.1) is 0 Å². The van der Waals surface area contributed by atoms with Crippen molar-refractivity contribution < 1.29 is 14.7 Å². The van der Waals surface area contributed by atoms with E-state index >= 15 is 0 Å². The van der Waals surface area contributed by atoms with Gasteiger partial charge in [-0.15, -0.1) is 0 Å². The number of hydrogen-bond donors (Lipinski definition) is 2. The first kappa shape index (κ1) is 21.1. The van der Waals surface area contributed by atoms with Crippen LogP contribution in [0.3, 0.4) is 0 Å². The molecule has 6 heteroatoms. The second-order valence-corrected chi connectivity index (χ2v) is 8.09. The van der Waals surface area contributed by atoms with Crippen LogP contribution in [0.2, 0.25) is 5.02 Å². The van der Waals surface area contributed by atoms with Crippen LogP contribution in [-0.2, 0) is 11.3 Å². The summed E-state index contributed by atoms with van der Waals surface area (Å²) in [7, 11) is 0. The van der Waals surface area contributed by atoms with E-state index in [1.54, 1.807) is 18.2 Å². The van der Waals surface area contributed by atoms with Gasteiger partial charge in [0.2, 0.25) is 5.91 Å². The van der Waals surface area contributed by atoms with Gasteiger partial charge in [-0.3, -0.25) is 9.59 Å². The average Bonchev–Trinajstić information content (AvgIpc) is 3.20. The number of likely N-dealkylation sites (tertiary alicyclic amines) is 1. The Balaban J connectivity index is 1.49. The molecule has 0 bridgehead atoms. The van der Waals surface area contributed by atoms with Gasteiger partial charge in [0.25, 0.3) is 5.91 Å². The standard InChI is InChI=1S/C25H23ClN2O3/c26-21-11-9-17(10-12-21)15-27-24(30)23-14-22(29)16-28(23)25(31)20-8-4-7-19(13-20)18-5-2-1-3-6-18/h1-13,22-23,29H,14-16H2,(H,27,30). The predicted molar refractivity (Wildman–Crippen MR) is 121 cm³/mol. The second kappa shape index (κ2) is 9.33. The number of aliphatic hydroxyl groups is 1. The predicted octanol–water partition coefficient (Wildman–Crippen LogP) is 3.90. The van der Waals surface area contributed by atoms with E-state index in [1.807, 2.05) is 60.7 Å². The molecule has 2 N–H and O–H groups in total. The molecule has 1 aliphatic rings. The van der Waals surface area contributed by atoms with Crippen molar-refractivity contribution in [3.63, 3.8) is 0 Å². The van der Waals surface area contributed by atoms with E-state index in [1.165, 1.54) is 4.90 Å². The normalized spacial score (nSPS) is 18.1. The third-order valence-electron chi connectivity index (χ3n) is 5.44. The van der Waals surface area contributed by atoms with Gasteiger partial charge in [0.05, 0.1) is 6.10 Å². The summed E-state index contributed by atoms with van der Waals surface area (Å²) in [6.45, 7) is 0.460. The lowest BCUT2D eigenvalue weighted by Gasteiger charge is -2.24. The van der Waals surface area contributed by atoms with Crippen molar-refractivity contribution in [3.8, 4) is 11.1 Å². The van der Waals surface area contributed by atoms with E-state index in [-0.39, 0.29) is 24.8 Å². The van der Waals surface area contributed by atoms with E-state index in [9.17, 15) is 14.7 Å². The minimum absolute atomic E-state index is 0.132. The number of halogens is 1. The molecule has 2 atom stereocenters. The van der Waals surface area contributed by atoms with Crippen LogP contribution in [0.1, 0.15) is 22.3 Å². The number of amides is 2. The van der Waals surface area contributed by atoms with Crippen LogP contribution in [0.4, 0.5) is 0 Å². The van der Waals surface area contributed by atoms with Crippen LogP contribution in [-0.4, -0.2) is 40.5 Å². The van der Waals surface area contributed by atoms with Crippen molar-refractivity contribution >= 4 is 23.4 Å². The minimum atomic E-state index is -0.729. The topological polar surface area (TPSA) is 69.6 Å². The van der Waals surface area contributed by atoms with E-state index < -0.39 is 12.1 Å². The van der Waals surface area contributed by atoms with E-state index in [0.717, 1.165) is 16.7 Å². The van der Waals surface area contributed by atoms with Crippen molar-refractivity contribution in [2.45, 2.75) is 25.1 Å². The zero-order chi connectivity index (χ0) is 21.8. The highest BCUT2D eigenvalue weighted by molar-refractivity contribution is 6.30. The molecule has 1 fully saturated rings. The summed E-state index contributed by atoms with van der Waals surface area (Å²) in [5.41, 5.74) is 3.33. The Kier molecular flexibility index (Phi) is 6.35. The summed E-state index contributed by atoms with van der Waals surface area (Å²) in [5, 5.41) is 13.7. The molecule has 2 amide bonds. The molecule has 3 aromatic carbocycles. The maximum Gasteiger partial charge on any atom is 0.254 e. The molecule has 31 heavy (non-hydrogen) atoms. The molecule has 0 saturated carbocycles. The van der Waals surface area contributed by atoms with Crippen LogP contribution in [0.15, 0.2) is 78.9 Å². The van der Waals surface area contributed by atoms with Crippen molar-refractivity contribution in [3.05, 3.63) is 95.0 Å². The fourth-order valence-corrected chi connectivity index (χ4v) is 3.95. The summed E-state index contributed by atoms with van der Waals surface area (Å²) in [6, 6.07) is 23.6. The van der Waals surface area contributed by atoms with Gasteiger partial charge in [-0.2, -0.15) is 0 Å². The lowest BCUT2D eigenvalue weighted by molar-refractivity contribution is -0.125. The lowest BCUT2D eigenvalue weighted by Crippen LogP contribution is -2.45. The van der Waals surface area contributed by atoms with Crippen molar-refractivity contribution in [1.29, 1.82) is 0 Å². The van der Waals surface area contributed by atoms with E-state index in [2.05, 4.69) is 5.32 Å². The number of benzene rings is 3. The zero-order valence-electron chi connectivity index (χ0n) is 16.9. The number of rotatable bonds is 5. The third-order valence-corrected chi connectivity index (χ3v) is 5.69. The first-order valence-corrected chi connectivity index (χ1v) is 10.6. The fourth-order valence-electron chi connectivity index (χ4n) is 3.82. The molecule has 0 spiro atoms. The highest BCUT2D eigenvalue weighted by Crippen LogP contribution is 2.24. The number of aliphatic hydroxyl groups excluding tert-OH is 1. The molecule has 1 saturated heterocycles. The molecule has 2 unspecified atom stereocenters. The number of β-amino-alcohol motifs (C(OH)–C–C–N with tert-alkyl or cyclic N) is 1. The van der Waals surface area contributed by atoms with E-state index in [0.29, 0.717) is 17.1 Å². The van der Waals surface area contributed by atoms with Crippen LogP contribution in [0.5, 0.6) is 0 Å². The van der Waals surface area contributed by atoms with Gasteiger partial charge >= 0.3 is 0 Å². The zero-order valence-corrected chi connectivity index (χ0v) is 17.6. The van der Waals surface area contributed by atoms with Crippen molar-refractivity contribution in [2.24, 2.45) is 0 Å². The fraction of sp³-hybridized carbons (Fsp3) is 0.200. The molecular weight excluding hydrogens is 412 g/mol. The number of nitrogens with zero attached hydrogens (tertiary/aromatic N) is 1. The maximum absolute atomic E-state index is 13.2. The van der Waals surface area contributed by atoms with Gasteiger partial charge in [0.1, 0.15) is 6.04 Å². The van der Waals surface area contributed by atoms with Crippen LogP contribution >= 0.6 is 11.6 Å². The number of carbonyl (C=O) groups excluding carboxylic acids is 2. The molecule has 5 nitrogen and oxygen atoms in total. The third kappa shape index (κ3) is 4.95. The van der Waals surface area contributed by atoms with Crippen LogP contribution < -0.4 is 5.32 Å². The minimum Gasteiger partial charge on any atom is -0.391 e. The summed E-state index contributed by atoms with van der Waals surface area (Å²) in [4.78, 5) is 27.5. The van der Waals surface area contributed by atoms with Gasteiger partial charge in [-0.05, 0) is 41.0 Å². The number of nitrogens with one attached hydrogen (secondary N) is 1. The Labute approximate surface area is 186 Å². The monoisotopic (exact) mass is 434 g/mol. The molecule has 0 radical (unpaired) electrons.